The molecule has 6 heteroatoms. The van der Waals surface area contributed by atoms with Crippen molar-refractivity contribution in [3.8, 4) is 0 Å². The molecule has 3 aromatic rings. The summed E-state index contributed by atoms with van der Waals surface area (Å²) in [6, 6.07) is 7.97. The summed E-state index contributed by atoms with van der Waals surface area (Å²) in [5.41, 5.74) is 8.40. The Morgan fingerprint density at radius 2 is 2.06 bits per heavy atom. The maximum absolute atomic E-state index is 5.67. The molecule has 0 radical (unpaired) electrons. The van der Waals surface area contributed by atoms with Gasteiger partial charge in [0.1, 0.15) is 5.82 Å². The molecule has 0 fully saturated rings. The minimum atomic E-state index is 0.211. The second kappa shape index (κ2) is 3.99. The Kier molecular flexibility index (Phi) is 2.33. The van der Waals surface area contributed by atoms with Crippen molar-refractivity contribution in [3.05, 3.63) is 36.0 Å². The fourth-order valence-corrected chi connectivity index (χ4v) is 1.79. The van der Waals surface area contributed by atoms with Gasteiger partial charge in [0.25, 0.3) is 0 Å². The number of rotatable bonds is 2. The highest BCUT2D eigenvalue weighted by molar-refractivity contribution is 5.89. The Hall–Kier alpha value is -2.63. The van der Waals surface area contributed by atoms with E-state index in [1.807, 2.05) is 31.2 Å². The van der Waals surface area contributed by atoms with Crippen molar-refractivity contribution in [1.29, 1.82) is 0 Å². The van der Waals surface area contributed by atoms with E-state index in [9.17, 15) is 0 Å². The third-order valence-corrected chi connectivity index (χ3v) is 2.73. The van der Waals surface area contributed by atoms with Crippen LogP contribution in [-0.2, 0) is 0 Å². The molecule has 4 N–H and O–H groups in total. The van der Waals surface area contributed by atoms with Crippen molar-refractivity contribution in [2.45, 2.75) is 6.92 Å². The molecule has 2 aromatic heterocycles. The molecule has 0 aliphatic rings. The Bertz CT molecular complexity index is 703. The number of aryl methyl sites for hydroxylation is 1. The predicted molar refractivity (Wildman–Crippen MR) is 70.6 cm³/mol. The van der Waals surface area contributed by atoms with Crippen molar-refractivity contribution < 1.29 is 0 Å². The molecular formula is C12H12N6. The van der Waals surface area contributed by atoms with Crippen LogP contribution in [-0.4, -0.2) is 20.2 Å². The standard InChI is InChI=1S/C12H12N6/c1-7-4-2-3-5-9(7)15-10-8-6-14-18-11(8)17-12(13)16-10/h2-6H,1H3,(H4,13,14,15,16,17,18). The maximum Gasteiger partial charge on any atom is 0.224 e. The van der Waals surface area contributed by atoms with Crippen molar-refractivity contribution in [3.63, 3.8) is 0 Å². The van der Waals surface area contributed by atoms with E-state index < -0.39 is 0 Å². The van der Waals surface area contributed by atoms with E-state index in [0.717, 1.165) is 16.6 Å². The number of nitrogens with two attached hydrogens (primary N) is 1. The number of hydrogen-bond donors (Lipinski definition) is 3. The first-order valence-corrected chi connectivity index (χ1v) is 5.53. The minimum Gasteiger partial charge on any atom is -0.368 e. The van der Waals surface area contributed by atoms with Gasteiger partial charge in [-0.25, -0.2) is 0 Å². The zero-order valence-electron chi connectivity index (χ0n) is 9.81. The van der Waals surface area contributed by atoms with Crippen molar-refractivity contribution in [1.82, 2.24) is 20.2 Å². The number of hydrogen-bond acceptors (Lipinski definition) is 5. The predicted octanol–water partition coefficient (Wildman–Crippen LogP) is 1.99. The van der Waals surface area contributed by atoms with Gasteiger partial charge in [0.2, 0.25) is 5.95 Å². The van der Waals surface area contributed by atoms with Gasteiger partial charge < -0.3 is 11.1 Å². The number of H-pyrrole nitrogens is 1. The van der Waals surface area contributed by atoms with Gasteiger partial charge in [-0.15, -0.1) is 0 Å². The van der Waals surface area contributed by atoms with Gasteiger partial charge in [-0.1, -0.05) is 18.2 Å². The molecule has 0 amide bonds. The first-order valence-electron chi connectivity index (χ1n) is 5.53. The monoisotopic (exact) mass is 240 g/mol. The highest BCUT2D eigenvalue weighted by atomic mass is 15.2. The third-order valence-electron chi connectivity index (χ3n) is 2.73. The first-order chi connectivity index (χ1) is 8.74. The van der Waals surface area contributed by atoms with E-state index in [1.165, 1.54) is 0 Å². The first kappa shape index (κ1) is 10.5. The Labute approximate surface area is 103 Å². The number of aromatic amines is 1. The summed E-state index contributed by atoms with van der Waals surface area (Å²) in [5, 5.41) is 10.8. The van der Waals surface area contributed by atoms with Gasteiger partial charge in [-0.05, 0) is 18.6 Å². The summed E-state index contributed by atoms with van der Waals surface area (Å²) < 4.78 is 0. The van der Waals surface area contributed by atoms with Crippen LogP contribution in [0.25, 0.3) is 11.0 Å². The zero-order valence-corrected chi connectivity index (χ0v) is 9.81. The largest absolute Gasteiger partial charge is 0.368 e. The summed E-state index contributed by atoms with van der Waals surface area (Å²) >= 11 is 0. The van der Waals surface area contributed by atoms with Crippen molar-refractivity contribution >= 4 is 28.5 Å². The fourth-order valence-electron chi connectivity index (χ4n) is 1.79. The molecule has 1 aromatic carbocycles. The number of aromatic nitrogens is 4. The SMILES string of the molecule is Cc1ccccc1Nc1nc(N)nc2[nH]ncc12. The van der Waals surface area contributed by atoms with Crippen LogP contribution in [0, 0.1) is 6.92 Å². The van der Waals surface area contributed by atoms with Crippen molar-refractivity contribution in [2.24, 2.45) is 0 Å². The van der Waals surface area contributed by atoms with Crippen LogP contribution in [0.15, 0.2) is 30.5 Å². The van der Waals surface area contributed by atoms with E-state index in [0.29, 0.717) is 11.5 Å². The van der Waals surface area contributed by atoms with Crippen LogP contribution in [0.1, 0.15) is 5.56 Å². The van der Waals surface area contributed by atoms with Crippen LogP contribution in [0.3, 0.4) is 0 Å². The molecule has 3 rings (SSSR count). The van der Waals surface area contributed by atoms with Crippen LogP contribution >= 0.6 is 0 Å². The smallest absolute Gasteiger partial charge is 0.224 e. The van der Waals surface area contributed by atoms with E-state index in [4.69, 9.17) is 5.73 Å². The number of benzene rings is 1. The van der Waals surface area contributed by atoms with Gasteiger partial charge in [-0.3, -0.25) is 5.10 Å². The molecule has 90 valence electrons. The van der Waals surface area contributed by atoms with Gasteiger partial charge >= 0.3 is 0 Å². The fraction of sp³-hybridized carbons (Fsp3) is 0.0833. The van der Waals surface area contributed by atoms with Crippen LogP contribution in [0.2, 0.25) is 0 Å². The van der Waals surface area contributed by atoms with E-state index in [1.54, 1.807) is 6.20 Å². The van der Waals surface area contributed by atoms with Crippen LogP contribution < -0.4 is 11.1 Å². The molecule has 0 unspecified atom stereocenters. The van der Waals surface area contributed by atoms with Gasteiger partial charge in [0.15, 0.2) is 5.65 Å². The lowest BCUT2D eigenvalue weighted by atomic mass is 10.2. The zero-order chi connectivity index (χ0) is 12.5. The number of nitrogen functional groups attached to an aromatic ring is 1. The highest BCUT2D eigenvalue weighted by Crippen LogP contribution is 2.24. The minimum absolute atomic E-state index is 0.211. The average molecular weight is 240 g/mol. The van der Waals surface area contributed by atoms with E-state index in [2.05, 4.69) is 25.5 Å². The second-order valence-electron chi connectivity index (χ2n) is 4.00. The molecule has 0 saturated carbocycles. The number of anilines is 3. The Balaban J connectivity index is 2.10. The van der Waals surface area contributed by atoms with Crippen LogP contribution in [0.4, 0.5) is 17.5 Å². The van der Waals surface area contributed by atoms with Crippen molar-refractivity contribution in [2.75, 3.05) is 11.1 Å². The Morgan fingerprint density at radius 3 is 2.89 bits per heavy atom. The second-order valence-corrected chi connectivity index (χ2v) is 4.00. The average Bonchev–Trinajstić information content (AvgIpc) is 2.80. The number of para-hydroxylation sites is 1. The quantitative estimate of drug-likeness (QED) is 0.637. The molecule has 2 heterocycles. The van der Waals surface area contributed by atoms with E-state index >= 15 is 0 Å². The summed E-state index contributed by atoms with van der Waals surface area (Å²) in [5.74, 6) is 0.864. The molecule has 0 saturated heterocycles. The summed E-state index contributed by atoms with van der Waals surface area (Å²) in [4.78, 5) is 8.27. The highest BCUT2D eigenvalue weighted by Gasteiger charge is 2.08. The Morgan fingerprint density at radius 1 is 1.22 bits per heavy atom. The number of nitrogens with one attached hydrogen (secondary N) is 2. The summed E-state index contributed by atoms with van der Waals surface area (Å²) in [6.45, 7) is 2.03. The third kappa shape index (κ3) is 1.73. The summed E-state index contributed by atoms with van der Waals surface area (Å²) in [7, 11) is 0. The molecule has 6 nitrogen and oxygen atoms in total. The normalized spacial score (nSPS) is 10.7. The lowest BCUT2D eigenvalue weighted by Crippen LogP contribution is -2.01. The van der Waals surface area contributed by atoms with E-state index in [-0.39, 0.29) is 5.95 Å². The maximum atomic E-state index is 5.67. The molecule has 0 atom stereocenters. The van der Waals surface area contributed by atoms with Crippen LogP contribution in [0.5, 0.6) is 0 Å². The topological polar surface area (TPSA) is 92.5 Å². The lowest BCUT2D eigenvalue weighted by Gasteiger charge is -2.09. The molecule has 0 bridgehead atoms. The molecule has 0 spiro atoms. The van der Waals surface area contributed by atoms with Gasteiger partial charge in [-0.2, -0.15) is 15.1 Å². The molecule has 0 aliphatic heterocycles. The lowest BCUT2D eigenvalue weighted by molar-refractivity contribution is 1.09. The molecular weight excluding hydrogens is 228 g/mol. The molecule has 0 aliphatic carbocycles. The van der Waals surface area contributed by atoms with Gasteiger partial charge in [0, 0.05) is 5.69 Å². The summed E-state index contributed by atoms with van der Waals surface area (Å²) in [6.07, 6.45) is 1.68. The number of nitrogens with zero attached hydrogens (tertiary/aromatic N) is 3. The number of fused-ring (bicyclic) bond motifs is 1. The molecule has 18 heavy (non-hydrogen) atoms. The van der Waals surface area contributed by atoms with Gasteiger partial charge in [0.05, 0.1) is 11.6 Å².